The summed E-state index contributed by atoms with van der Waals surface area (Å²) in [4.78, 5) is 24.9. The Morgan fingerprint density at radius 1 is 1.27 bits per heavy atom. The van der Waals surface area contributed by atoms with Crippen molar-refractivity contribution >= 4 is 30.7 Å². The molecule has 1 saturated carbocycles. The average Bonchev–Trinajstić information content (AvgIpc) is 3.39. The molecule has 37 heavy (non-hydrogen) atoms. The number of nitrogens with zero attached hydrogens (tertiary/aromatic N) is 4. The lowest BCUT2D eigenvalue weighted by Gasteiger charge is -2.25. The Hall–Kier alpha value is -3.31. The van der Waals surface area contributed by atoms with Gasteiger partial charge in [-0.15, -0.1) is 0 Å². The van der Waals surface area contributed by atoms with Crippen molar-refractivity contribution in [2.45, 2.75) is 51.5 Å². The van der Waals surface area contributed by atoms with Gasteiger partial charge < -0.3 is 24.7 Å². The zero-order valence-electron chi connectivity index (χ0n) is 20.9. The molecule has 1 aliphatic rings. The highest BCUT2D eigenvalue weighted by molar-refractivity contribution is 7.52. The van der Waals surface area contributed by atoms with E-state index in [9.17, 15) is 14.5 Å². The van der Waals surface area contributed by atoms with Gasteiger partial charge in [0.05, 0.1) is 31.2 Å². The number of aliphatic hydroxyl groups excluding tert-OH is 1. The Morgan fingerprint density at radius 2 is 2.00 bits per heavy atom. The summed E-state index contributed by atoms with van der Waals surface area (Å²) in [5, 5.41) is 13.5. The van der Waals surface area contributed by atoms with Crippen LogP contribution in [0.25, 0.3) is 11.2 Å². The summed E-state index contributed by atoms with van der Waals surface area (Å²) in [6.07, 6.45) is 2.05. The van der Waals surface area contributed by atoms with Gasteiger partial charge in [-0.05, 0) is 44.9 Å². The van der Waals surface area contributed by atoms with Crippen molar-refractivity contribution < 1.29 is 28.3 Å². The largest absolute Gasteiger partial charge is 0.462 e. The van der Waals surface area contributed by atoms with Crippen molar-refractivity contribution in [2.24, 2.45) is 5.92 Å². The third kappa shape index (κ3) is 5.99. The highest BCUT2D eigenvalue weighted by atomic mass is 31.2. The minimum atomic E-state index is -4.08. The van der Waals surface area contributed by atoms with Gasteiger partial charge in [0.25, 0.3) is 0 Å². The third-order valence-corrected chi connectivity index (χ3v) is 7.65. The first kappa shape index (κ1) is 26.7. The second-order valence-electron chi connectivity index (χ2n) is 9.12. The number of nitrogen functional groups attached to an aromatic ring is 1. The van der Waals surface area contributed by atoms with Crippen LogP contribution in [0.15, 0.2) is 55.1 Å². The fourth-order valence-corrected chi connectivity index (χ4v) is 5.68. The zero-order valence-corrected chi connectivity index (χ0v) is 21.7. The highest BCUT2D eigenvalue weighted by Gasteiger charge is 2.41. The predicted octanol–water partition coefficient (Wildman–Crippen LogP) is 3.02. The summed E-state index contributed by atoms with van der Waals surface area (Å²) in [5.41, 5.74) is 7.51. The summed E-state index contributed by atoms with van der Waals surface area (Å²) < 4.78 is 32.2. The van der Waals surface area contributed by atoms with Crippen LogP contribution < -0.4 is 15.3 Å². The first-order valence-electron chi connectivity index (χ1n) is 11.8. The Labute approximate surface area is 214 Å². The molecule has 1 aromatic carbocycles. The number of anilines is 1. The molecule has 0 bridgehead atoms. The molecule has 3 aromatic rings. The van der Waals surface area contributed by atoms with Crippen LogP contribution in [0, 0.1) is 5.92 Å². The number of nitrogens with two attached hydrogens (primary N) is 1. The van der Waals surface area contributed by atoms with Crippen LogP contribution >= 0.6 is 7.75 Å². The number of aromatic nitrogens is 4. The van der Waals surface area contributed by atoms with Crippen molar-refractivity contribution in [1.29, 1.82) is 0 Å². The fraction of sp³-hybridized carbons (Fsp3) is 0.417. The van der Waals surface area contributed by atoms with Crippen molar-refractivity contribution in [3.05, 3.63) is 55.1 Å². The van der Waals surface area contributed by atoms with E-state index in [2.05, 4.69) is 26.6 Å². The van der Waals surface area contributed by atoms with Gasteiger partial charge in [0, 0.05) is 5.92 Å². The van der Waals surface area contributed by atoms with Gasteiger partial charge >= 0.3 is 13.7 Å². The second kappa shape index (κ2) is 11.0. The van der Waals surface area contributed by atoms with Gasteiger partial charge in [-0.1, -0.05) is 24.8 Å². The van der Waals surface area contributed by atoms with E-state index < -0.39 is 31.8 Å². The maximum absolute atomic E-state index is 13.8. The van der Waals surface area contributed by atoms with E-state index in [1.807, 2.05) is 0 Å². The molecule has 2 aromatic heterocycles. The van der Waals surface area contributed by atoms with E-state index >= 15 is 0 Å². The van der Waals surface area contributed by atoms with Crippen molar-refractivity contribution in [1.82, 2.24) is 24.6 Å². The maximum Gasteiger partial charge on any atom is 0.459 e. The molecule has 4 rings (SSSR count). The minimum absolute atomic E-state index is 0.177. The summed E-state index contributed by atoms with van der Waals surface area (Å²) in [6, 6.07) is 7.13. The van der Waals surface area contributed by atoms with E-state index in [0.29, 0.717) is 23.2 Å². The number of ether oxygens (including phenoxy) is 1. The number of nitrogens with one attached hydrogen (secondary N) is 1. The molecule has 0 spiro atoms. The van der Waals surface area contributed by atoms with Crippen molar-refractivity contribution in [3.63, 3.8) is 0 Å². The molecule has 1 fully saturated rings. The van der Waals surface area contributed by atoms with Crippen LogP contribution in [0.1, 0.15) is 33.2 Å². The van der Waals surface area contributed by atoms with Crippen LogP contribution in [0.2, 0.25) is 0 Å². The van der Waals surface area contributed by atoms with Crippen LogP contribution in [-0.2, 0) is 18.6 Å². The van der Waals surface area contributed by atoms with Crippen LogP contribution in [-0.4, -0.2) is 55.5 Å². The smallest absolute Gasteiger partial charge is 0.459 e. The molecule has 12 nitrogen and oxygen atoms in total. The van der Waals surface area contributed by atoms with Gasteiger partial charge in [0.2, 0.25) is 0 Å². The van der Waals surface area contributed by atoms with E-state index in [1.54, 1.807) is 55.1 Å². The topological polar surface area (TPSA) is 164 Å². The number of imidazole rings is 1. The lowest BCUT2D eigenvalue weighted by molar-refractivity contribution is -0.149. The summed E-state index contributed by atoms with van der Waals surface area (Å²) in [7, 11) is -4.08. The number of hydrogen-bond acceptors (Lipinski definition) is 10. The Kier molecular flexibility index (Phi) is 7.93. The number of carbonyl (C=O) groups excluding carboxylic acids is 1. The summed E-state index contributed by atoms with van der Waals surface area (Å²) in [6.45, 7) is 8.93. The molecular formula is C24H31N6O6P. The molecular weight excluding hydrogens is 499 g/mol. The van der Waals surface area contributed by atoms with Crippen LogP contribution in [0.3, 0.4) is 0 Å². The summed E-state index contributed by atoms with van der Waals surface area (Å²) in [5.74, 6) is -0.639. The normalized spacial score (nSPS) is 22.2. The second-order valence-corrected chi connectivity index (χ2v) is 10.8. The molecule has 0 saturated heterocycles. The number of carbonyl (C=O) groups is 1. The van der Waals surface area contributed by atoms with E-state index in [4.69, 9.17) is 19.5 Å². The van der Waals surface area contributed by atoms with Gasteiger partial charge in [-0.2, -0.15) is 5.09 Å². The minimum Gasteiger partial charge on any atom is -0.462 e. The van der Waals surface area contributed by atoms with Crippen LogP contribution in [0.4, 0.5) is 5.82 Å². The number of para-hydroxylation sites is 1. The molecule has 1 aliphatic carbocycles. The van der Waals surface area contributed by atoms with Gasteiger partial charge in [-0.25, -0.2) is 19.5 Å². The lowest BCUT2D eigenvalue weighted by Crippen LogP contribution is -2.36. The molecule has 4 N–H and O–H groups in total. The molecule has 5 atom stereocenters. The number of benzene rings is 1. The Bertz CT molecular complexity index is 1320. The van der Waals surface area contributed by atoms with Gasteiger partial charge in [-0.3, -0.25) is 9.32 Å². The molecule has 0 amide bonds. The first-order chi connectivity index (χ1) is 17.6. The quantitative estimate of drug-likeness (QED) is 0.200. The summed E-state index contributed by atoms with van der Waals surface area (Å²) >= 11 is 0. The number of hydrogen-bond donors (Lipinski definition) is 3. The predicted molar refractivity (Wildman–Crippen MR) is 136 cm³/mol. The Balaban J connectivity index is 1.51. The molecule has 198 valence electrons. The molecule has 2 unspecified atom stereocenters. The molecule has 13 heteroatoms. The lowest BCUT2D eigenvalue weighted by atomic mass is 10.0. The van der Waals surface area contributed by atoms with Crippen molar-refractivity contribution in [3.8, 4) is 5.75 Å². The van der Waals surface area contributed by atoms with Gasteiger partial charge in [0.1, 0.15) is 23.6 Å². The third-order valence-electron chi connectivity index (χ3n) is 6.01. The molecule has 2 heterocycles. The monoisotopic (exact) mass is 530 g/mol. The average molecular weight is 531 g/mol. The van der Waals surface area contributed by atoms with E-state index in [1.165, 1.54) is 13.3 Å². The van der Waals surface area contributed by atoms with Crippen LogP contribution in [0.5, 0.6) is 5.75 Å². The number of rotatable bonds is 10. The van der Waals surface area contributed by atoms with E-state index in [0.717, 1.165) is 0 Å². The SMILES string of the molecule is C=C1[C@H](COP(=O)(NC(C)C(=O)OC(C)C)Oc2ccccc2)[C@@H](O)C[C@@H]1n1cnc2c(N)ncnc21. The standard InChI is InChI=1S/C24H31N6O6P/c1-14(2)35-24(32)16(4)29-37(33,36-17-8-6-5-7-9-17)34-11-18-15(3)19(10-20(18)31)30-13-28-21-22(25)26-12-27-23(21)30/h5-9,12-14,16,18-20,31H,3,10-11H2,1-2,4H3,(H,29,33)(H2,25,26,27)/t16?,18-,19-,20-,37?/m0/s1. The fourth-order valence-electron chi connectivity index (χ4n) is 4.16. The van der Waals surface area contributed by atoms with Gasteiger partial charge in [0.15, 0.2) is 11.5 Å². The number of fused-ring (bicyclic) bond motifs is 1. The maximum atomic E-state index is 13.8. The molecule has 0 radical (unpaired) electrons. The Morgan fingerprint density at radius 3 is 2.70 bits per heavy atom. The molecule has 0 aliphatic heterocycles. The first-order valence-corrected chi connectivity index (χ1v) is 13.4. The van der Waals surface area contributed by atoms with Crippen molar-refractivity contribution in [2.75, 3.05) is 12.3 Å². The number of aliphatic hydroxyl groups is 1. The highest BCUT2D eigenvalue weighted by Crippen LogP contribution is 2.48. The number of esters is 1. The van der Waals surface area contributed by atoms with E-state index in [-0.39, 0.29) is 30.3 Å². The zero-order chi connectivity index (χ0) is 26.7.